The second-order valence-electron chi connectivity index (χ2n) is 5.75. The zero-order valence-electron chi connectivity index (χ0n) is 12.9. The lowest BCUT2D eigenvalue weighted by Gasteiger charge is -2.20. The van der Waals surface area contributed by atoms with Crippen LogP contribution in [0.4, 0.5) is 4.39 Å². The fraction of sp³-hybridized carbons (Fsp3) is 0.235. The Morgan fingerprint density at radius 1 is 1.04 bits per heavy atom. The Morgan fingerprint density at radius 2 is 1.62 bits per heavy atom. The predicted octanol–water partition coefficient (Wildman–Crippen LogP) is 1.71. The van der Waals surface area contributed by atoms with E-state index in [4.69, 9.17) is 5.14 Å². The van der Waals surface area contributed by atoms with Gasteiger partial charge in [-0.2, -0.15) is 0 Å². The number of primary sulfonamides is 1. The van der Waals surface area contributed by atoms with Crippen molar-refractivity contribution < 1.29 is 17.6 Å². The van der Waals surface area contributed by atoms with Crippen LogP contribution in [0, 0.1) is 5.82 Å². The summed E-state index contributed by atoms with van der Waals surface area (Å²) in [7, 11) is -4.14. The van der Waals surface area contributed by atoms with Gasteiger partial charge in [-0.25, -0.2) is 17.9 Å². The smallest absolute Gasteiger partial charge is 0.253 e. The molecule has 24 heavy (non-hydrogen) atoms. The van der Waals surface area contributed by atoms with Crippen LogP contribution in [0.2, 0.25) is 0 Å². The lowest BCUT2D eigenvalue weighted by atomic mass is 10.0. The quantitative estimate of drug-likeness (QED) is 0.897. The Morgan fingerprint density at radius 3 is 2.12 bits per heavy atom. The van der Waals surface area contributed by atoms with Crippen molar-refractivity contribution in [3.8, 4) is 0 Å². The van der Waals surface area contributed by atoms with Crippen molar-refractivity contribution >= 4 is 15.9 Å². The minimum Gasteiger partial charge on any atom is -0.338 e. The summed E-state index contributed by atoms with van der Waals surface area (Å²) < 4.78 is 36.4. The van der Waals surface area contributed by atoms with Crippen LogP contribution in [0.15, 0.2) is 47.4 Å². The van der Waals surface area contributed by atoms with Crippen molar-refractivity contribution in [1.82, 2.24) is 4.90 Å². The fourth-order valence-corrected chi connectivity index (χ4v) is 3.51. The summed E-state index contributed by atoms with van der Waals surface area (Å²) in [4.78, 5) is 13.6. The molecule has 0 aliphatic carbocycles. The Balaban J connectivity index is 1.82. The van der Waals surface area contributed by atoms with Gasteiger partial charge in [0.1, 0.15) is 10.7 Å². The molecule has 0 saturated carbocycles. The predicted molar refractivity (Wildman–Crippen MR) is 87.5 cm³/mol. The number of fused-ring (bicyclic) bond motifs is 1. The topological polar surface area (TPSA) is 80.5 Å². The van der Waals surface area contributed by atoms with Gasteiger partial charge in [-0.05, 0) is 42.2 Å². The second-order valence-corrected chi connectivity index (χ2v) is 7.28. The number of nitrogens with two attached hydrogens (primary N) is 1. The molecular weight excluding hydrogens is 331 g/mol. The van der Waals surface area contributed by atoms with Gasteiger partial charge >= 0.3 is 0 Å². The van der Waals surface area contributed by atoms with E-state index in [1.807, 2.05) is 24.3 Å². The molecule has 0 atom stereocenters. The molecule has 0 unspecified atom stereocenters. The van der Waals surface area contributed by atoms with E-state index in [1.54, 1.807) is 4.90 Å². The zero-order valence-corrected chi connectivity index (χ0v) is 13.7. The number of sulfonamides is 1. The molecule has 126 valence electrons. The lowest BCUT2D eigenvalue weighted by molar-refractivity contribution is 0.0762. The summed E-state index contributed by atoms with van der Waals surface area (Å²) in [6.45, 7) is 1.07. The van der Waals surface area contributed by atoms with E-state index in [2.05, 4.69) is 0 Å². The number of amides is 1. The molecule has 1 aliphatic heterocycles. The van der Waals surface area contributed by atoms with Gasteiger partial charge in [0.05, 0.1) is 0 Å². The number of carbonyl (C=O) groups excluding carboxylic acids is 1. The molecule has 0 spiro atoms. The standard InChI is InChI=1S/C17H17FN2O3S/c18-15-11-14(5-6-16(15)24(19,22)23)17(21)20-9-7-12-3-1-2-4-13(12)8-10-20/h1-6,11H,7-10H2,(H2,19,22,23). The lowest BCUT2D eigenvalue weighted by Crippen LogP contribution is -2.33. The van der Waals surface area contributed by atoms with E-state index in [-0.39, 0.29) is 11.5 Å². The van der Waals surface area contributed by atoms with E-state index < -0.39 is 20.7 Å². The summed E-state index contributed by atoms with van der Waals surface area (Å²) in [6.07, 6.45) is 1.47. The molecular formula is C17H17FN2O3S. The highest BCUT2D eigenvalue weighted by Gasteiger charge is 2.22. The van der Waals surface area contributed by atoms with Crippen LogP contribution in [0.1, 0.15) is 21.5 Å². The normalized spacial score (nSPS) is 14.8. The van der Waals surface area contributed by atoms with Crippen LogP contribution in [-0.4, -0.2) is 32.3 Å². The molecule has 0 radical (unpaired) electrons. The molecule has 2 N–H and O–H groups in total. The third-order valence-electron chi connectivity index (χ3n) is 4.19. The minimum absolute atomic E-state index is 0.117. The van der Waals surface area contributed by atoms with Crippen molar-refractivity contribution in [3.05, 3.63) is 65.0 Å². The molecule has 2 aromatic carbocycles. The Bertz CT molecular complexity index is 869. The number of benzene rings is 2. The summed E-state index contributed by atoms with van der Waals surface area (Å²) >= 11 is 0. The van der Waals surface area contributed by atoms with Gasteiger partial charge in [-0.3, -0.25) is 4.79 Å². The summed E-state index contributed by atoms with van der Waals surface area (Å²) in [6, 6.07) is 11.3. The van der Waals surface area contributed by atoms with Gasteiger partial charge in [0.25, 0.3) is 5.91 Å². The maximum absolute atomic E-state index is 13.9. The van der Waals surface area contributed by atoms with E-state index in [9.17, 15) is 17.6 Å². The largest absolute Gasteiger partial charge is 0.338 e. The molecule has 2 aromatic rings. The van der Waals surface area contributed by atoms with E-state index in [0.717, 1.165) is 25.0 Å². The summed E-state index contributed by atoms with van der Waals surface area (Å²) in [5.41, 5.74) is 2.54. The molecule has 7 heteroatoms. The number of carbonyl (C=O) groups is 1. The molecule has 1 heterocycles. The van der Waals surface area contributed by atoms with Crippen molar-refractivity contribution in [1.29, 1.82) is 0 Å². The summed E-state index contributed by atoms with van der Waals surface area (Å²) in [5, 5.41) is 4.93. The highest BCUT2D eigenvalue weighted by molar-refractivity contribution is 7.89. The summed E-state index contributed by atoms with van der Waals surface area (Å²) in [5.74, 6) is -1.33. The highest BCUT2D eigenvalue weighted by Crippen LogP contribution is 2.19. The first kappa shape index (κ1) is 16.6. The first-order chi connectivity index (χ1) is 11.4. The molecule has 1 aliphatic rings. The van der Waals surface area contributed by atoms with E-state index in [1.165, 1.54) is 17.2 Å². The van der Waals surface area contributed by atoms with Crippen LogP contribution in [0.25, 0.3) is 0 Å². The van der Waals surface area contributed by atoms with Crippen LogP contribution in [-0.2, 0) is 22.9 Å². The molecule has 0 aromatic heterocycles. The van der Waals surface area contributed by atoms with Crippen molar-refractivity contribution in [2.45, 2.75) is 17.7 Å². The zero-order chi connectivity index (χ0) is 17.3. The monoisotopic (exact) mass is 348 g/mol. The van der Waals surface area contributed by atoms with Gasteiger partial charge < -0.3 is 4.90 Å². The van der Waals surface area contributed by atoms with Crippen molar-refractivity contribution in [2.24, 2.45) is 5.14 Å². The minimum atomic E-state index is -4.14. The van der Waals surface area contributed by atoms with Crippen LogP contribution < -0.4 is 5.14 Å². The van der Waals surface area contributed by atoms with Gasteiger partial charge in [-0.15, -0.1) is 0 Å². The van der Waals surface area contributed by atoms with E-state index >= 15 is 0 Å². The SMILES string of the molecule is NS(=O)(=O)c1ccc(C(=O)N2CCc3ccccc3CC2)cc1F. The molecule has 1 amide bonds. The first-order valence-corrected chi connectivity index (χ1v) is 9.09. The average Bonchev–Trinajstić information content (AvgIpc) is 2.75. The number of hydrogen-bond acceptors (Lipinski definition) is 3. The molecule has 0 fully saturated rings. The Labute approximate surface area is 139 Å². The highest BCUT2D eigenvalue weighted by atomic mass is 32.2. The number of hydrogen-bond donors (Lipinski definition) is 1. The number of rotatable bonds is 2. The van der Waals surface area contributed by atoms with Crippen LogP contribution >= 0.6 is 0 Å². The van der Waals surface area contributed by atoms with Crippen molar-refractivity contribution in [3.63, 3.8) is 0 Å². The Kier molecular flexibility index (Phi) is 4.38. The molecule has 0 bridgehead atoms. The number of halogens is 1. The van der Waals surface area contributed by atoms with E-state index in [0.29, 0.717) is 13.1 Å². The third kappa shape index (κ3) is 3.32. The fourth-order valence-electron chi connectivity index (χ4n) is 2.92. The average molecular weight is 348 g/mol. The van der Waals surface area contributed by atoms with Crippen LogP contribution in [0.3, 0.4) is 0 Å². The van der Waals surface area contributed by atoms with Gasteiger partial charge in [-0.1, -0.05) is 24.3 Å². The maximum atomic E-state index is 13.9. The molecule has 5 nitrogen and oxygen atoms in total. The third-order valence-corrected chi connectivity index (χ3v) is 5.14. The van der Waals surface area contributed by atoms with Gasteiger partial charge in [0.2, 0.25) is 10.0 Å². The molecule has 0 saturated heterocycles. The molecule has 3 rings (SSSR count). The number of nitrogens with zero attached hydrogens (tertiary/aromatic N) is 1. The maximum Gasteiger partial charge on any atom is 0.253 e. The van der Waals surface area contributed by atoms with Crippen LogP contribution in [0.5, 0.6) is 0 Å². The van der Waals surface area contributed by atoms with Crippen molar-refractivity contribution in [2.75, 3.05) is 13.1 Å². The van der Waals surface area contributed by atoms with Gasteiger partial charge in [0, 0.05) is 18.7 Å². The van der Waals surface area contributed by atoms with Gasteiger partial charge in [0.15, 0.2) is 0 Å². The first-order valence-electron chi connectivity index (χ1n) is 7.54. The Hall–Kier alpha value is -2.25. The second kappa shape index (κ2) is 6.33.